The van der Waals surface area contributed by atoms with Crippen LogP contribution in [0.25, 0.3) is 11.0 Å². The quantitative estimate of drug-likeness (QED) is 0.804. The Hall–Kier alpha value is -2.25. The number of pyridine rings is 2. The van der Waals surface area contributed by atoms with Gasteiger partial charge in [-0.25, -0.2) is 0 Å². The highest BCUT2D eigenvalue weighted by atomic mass is 16.3. The number of nitrogens with two attached hydrogens (primary N) is 1. The van der Waals surface area contributed by atoms with Gasteiger partial charge in [0.15, 0.2) is 0 Å². The lowest BCUT2D eigenvalue weighted by Gasteiger charge is -2.29. The van der Waals surface area contributed by atoms with Crippen LogP contribution in [-0.4, -0.2) is 64.7 Å². The van der Waals surface area contributed by atoms with Crippen molar-refractivity contribution in [3.63, 3.8) is 0 Å². The zero-order chi connectivity index (χ0) is 17.9. The standard InChI is InChI=1S/C18H25N5O2/c1-22(16(24)5-2-8-19)12-18(25)7-11-23(13-18)15-6-10-20-14-4-3-9-21-17(14)15/h3-4,6,9-10,25H,2,5,7-8,11-13,19H2,1H3. The molecule has 2 aromatic heterocycles. The number of amides is 1. The number of carbonyl (C=O) groups excluding carboxylic acids is 1. The van der Waals surface area contributed by atoms with E-state index in [0.717, 1.165) is 23.3 Å². The average Bonchev–Trinajstić information content (AvgIpc) is 3.00. The third kappa shape index (κ3) is 3.88. The molecule has 1 aliphatic rings. The van der Waals surface area contributed by atoms with Gasteiger partial charge in [0.25, 0.3) is 0 Å². The van der Waals surface area contributed by atoms with Crippen molar-refractivity contribution in [2.24, 2.45) is 5.73 Å². The Bertz CT molecular complexity index is 748. The first-order valence-corrected chi connectivity index (χ1v) is 8.63. The molecule has 7 nitrogen and oxygen atoms in total. The molecule has 0 spiro atoms. The average molecular weight is 343 g/mol. The minimum absolute atomic E-state index is 0.0216. The van der Waals surface area contributed by atoms with Crippen molar-refractivity contribution in [3.05, 3.63) is 30.6 Å². The van der Waals surface area contributed by atoms with E-state index in [0.29, 0.717) is 38.9 Å². The van der Waals surface area contributed by atoms with E-state index in [1.165, 1.54) is 0 Å². The van der Waals surface area contributed by atoms with E-state index in [1.807, 2.05) is 18.2 Å². The van der Waals surface area contributed by atoms with Gasteiger partial charge in [0, 0.05) is 39.0 Å². The highest BCUT2D eigenvalue weighted by Crippen LogP contribution is 2.31. The number of aromatic nitrogens is 2. The lowest BCUT2D eigenvalue weighted by Crippen LogP contribution is -2.45. The van der Waals surface area contributed by atoms with Gasteiger partial charge in [0.05, 0.1) is 17.7 Å². The number of aliphatic hydroxyl groups is 1. The molecule has 1 atom stereocenters. The van der Waals surface area contributed by atoms with Crippen molar-refractivity contribution in [1.82, 2.24) is 14.9 Å². The second-order valence-corrected chi connectivity index (χ2v) is 6.74. The molecule has 2 aromatic rings. The van der Waals surface area contributed by atoms with Crippen LogP contribution in [0.15, 0.2) is 30.6 Å². The monoisotopic (exact) mass is 343 g/mol. The molecule has 0 radical (unpaired) electrons. The number of anilines is 1. The van der Waals surface area contributed by atoms with E-state index in [-0.39, 0.29) is 5.91 Å². The molecule has 1 saturated heterocycles. The Morgan fingerprint density at radius 1 is 1.40 bits per heavy atom. The van der Waals surface area contributed by atoms with E-state index in [2.05, 4.69) is 14.9 Å². The SMILES string of the molecule is CN(CC1(O)CCN(c2ccnc3cccnc23)C1)C(=O)CCCN. The molecule has 1 amide bonds. The van der Waals surface area contributed by atoms with Gasteiger partial charge in [-0.3, -0.25) is 14.8 Å². The van der Waals surface area contributed by atoms with Gasteiger partial charge >= 0.3 is 0 Å². The smallest absolute Gasteiger partial charge is 0.222 e. The molecule has 0 aromatic carbocycles. The maximum atomic E-state index is 12.1. The summed E-state index contributed by atoms with van der Waals surface area (Å²) in [5.74, 6) is 0.0216. The predicted octanol–water partition coefficient (Wildman–Crippen LogP) is 0.768. The minimum atomic E-state index is -0.919. The first-order valence-electron chi connectivity index (χ1n) is 8.63. The molecule has 1 aliphatic heterocycles. The molecule has 3 N–H and O–H groups in total. The number of nitrogens with zero attached hydrogens (tertiary/aromatic N) is 4. The summed E-state index contributed by atoms with van der Waals surface area (Å²) < 4.78 is 0. The Kier molecular flexibility index (Phi) is 5.15. The fraction of sp³-hybridized carbons (Fsp3) is 0.500. The van der Waals surface area contributed by atoms with Crippen LogP contribution in [0.1, 0.15) is 19.3 Å². The largest absolute Gasteiger partial charge is 0.386 e. The zero-order valence-electron chi connectivity index (χ0n) is 14.6. The van der Waals surface area contributed by atoms with Crippen LogP contribution >= 0.6 is 0 Å². The molecular weight excluding hydrogens is 318 g/mol. The molecular formula is C18H25N5O2. The number of likely N-dealkylation sites (N-methyl/N-ethyl adjacent to an activating group) is 1. The van der Waals surface area contributed by atoms with Crippen LogP contribution < -0.4 is 10.6 Å². The van der Waals surface area contributed by atoms with Gasteiger partial charge < -0.3 is 20.6 Å². The van der Waals surface area contributed by atoms with Crippen LogP contribution in [0.2, 0.25) is 0 Å². The fourth-order valence-corrected chi connectivity index (χ4v) is 3.39. The van der Waals surface area contributed by atoms with Crippen molar-refractivity contribution >= 4 is 22.6 Å². The number of β-amino-alcohol motifs (C(OH)–C–C–N with tert-alkyl or cyclic N) is 1. The summed E-state index contributed by atoms with van der Waals surface area (Å²) in [6.45, 7) is 2.01. The first-order chi connectivity index (χ1) is 12.0. The normalized spacial score (nSPS) is 20.2. The van der Waals surface area contributed by atoms with Crippen LogP contribution in [0, 0.1) is 0 Å². The van der Waals surface area contributed by atoms with Gasteiger partial charge in [-0.05, 0) is 37.6 Å². The van der Waals surface area contributed by atoms with Crippen molar-refractivity contribution in [1.29, 1.82) is 0 Å². The molecule has 25 heavy (non-hydrogen) atoms. The molecule has 1 unspecified atom stereocenters. The highest BCUT2D eigenvalue weighted by Gasteiger charge is 2.38. The predicted molar refractivity (Wildman–Crippen MR) is 97.2 cm³/mol. The minimum Gasteiger partial charge on any atom is -0.386 e. The highest BCUT2D eigenvalue weighted by molar-refractivity contribution is 5.87. The Morgan fingerprint density at radius 2 is 2.24 bits per heavy atom. The first kappa shape index (κ1) is 17.6. The molecule has 3 rings (SSSR count). The maximum absolute atomic E-state index is 12.1. The summed E-state index contributed by atoms with van der Waals surface area (Å²) in [5, 5.41) is 10.9. The van der Waals surface area contributed by atoms with Crippen molar-refractivity contribution in [2.45, 2.75) is 24.9 Å². The fourth-order valence-electron chi connectivity index (χ4n) is 3.39. The van der Waals surface area contributed by atoms with Crippen LogP contribution in [-0.2, 0) is 4.79 Å². The Balaban J connectivity index is 1.71. The summed E-state index contributed by atoms with van der Waals surface area (Å²) in [5.41, 5.74) is 7.18. The Morgan fingerprint density at radius 3 is 3.04 bits per heavy atom. The lowest BCUT2D eigenvalue weighted by molar-refractivity contribution is -0.132. The number of rotatable bonds is 6. The summed E-state index contributed by atoms with van der Waals surface area (Å²) in [6, 6.07) is 5.72. The van der Waals surface area contributed by atoms with Crippen molar-refractivity contribution in [2.75, 3.05) is 38.1 Å². The number of fused-ring (bicyclic) bond motifs is 1. The molecule has 0 saturated carbocycles. The summed E-state index contributed by atoms with van der Waals surface area (Å²) in [7, 11) is 1.74. The lowest BCUT2D eigenvalue weighted by atomic mass is 10.0. The summed E-state index contributed by atoms with van der Waals surface area (Å²) in [6.07, 6.45) is 5.21. The third-order valence-electron chi connectivity index (χ3n) is 4.70. The van der Waals surface area contributed by atoms with Crippen molar-refractivity contribution < 1.29 is 9.90 Å². The van der Waals surface area contributed by atoms with Gasteiger partial charge in [0.1, 0.15) is 11.1 Å². The van der Waals surface area contributed by atoms with Crippen molar-refractivity contribution in [3.8, 4) is 0 Å². The van der Waals surface area contributed by atoms with Crippen LogP contribution in [0.5, 0.6) is 0 Å². The van der Waals surface area contributed by atoms with Gasteiger partial charge in [-0.2, -0.15) is 0 Å². The van der Waals surface area contributed by atoms with E-state index < -0.39 is 5.60 Å². The third-order valence-corrected chi connectivity index (χ3v) is 4.70. The van der Waals surface area contributed by atoms with E-state index in [9.17, 15) is 9.90 Å². The van der Waals surface area contributed by atoms with E-state index in [1.54, 1.807) is 24.3 Å². The molecule has 134 valence electrons. The van der Waals surface area contributed by atoms with E-state index in [4.69, 9.17) is 5.73 Å². The van der Waals surface area contributed by atoms with Crippen LogP contribution in [0.4, 0.5) is 5.69 Å². The van der Waals surface area contributed by atoms with Gasteiger partial charge in [0.2, 0.25) is 5.91 Å². The molecule has 7 heteroatoms. The molecule has 0 bridgehead atoms. The summed E-state index contributed by atoms with van der Waals surface area (Å²) >= 11 is 0. The number of carbonyl (C=O) groups is 1. The zero-order valence-corrected chi connectivity index (χ0v) is 14.6. The van der Waals surface area contributed by atoms with Gasteiger partial charge in [-0.15, -0.1) is 0 Å². The topological polar surface area (TPSA) is 95.6 Å². The molecule has 0 aliphatic carbocycles. The molecule has 3 heterocycles. The molecule has 1 fully saturated rings. The van der Waals surface area contributed by atoms with Gasteiger partial charge in [-0.1, -0.05) is 0 Å². The van der Waals surface area contributed by atoms with E-state index >= 15 is 0 Å². The number of hydrogen-bond donors (Lipinski definition) is 2. The second kappa shape index (κ2) is 7.33. The summed E-state index contributed by atoms with van der Waals surface area (Å²) in [4.78, 5) is 24.6. The Labute approximate surface area is 147 Å². The number of hydrogen-bond acceptors (Lipinski definition) is 6. The van der Waals surface area contributed by atoms with Crippen LogP contribution in [0.3, 0.4) is 0 Å². The second-order valence-electron chi connectivity index (χ2n) is 6.74. The maximum Gasteiger partial charge on any atom is 0.222 e.